The number of aryl methyl sites for hydroxylation is 2. The zero-order valence-corrected chi connectivity index (χ0v) is 14.0. The lowest BCUT2D eigenvalue weighted by atomic mass is 10.0. The fraction of sp³-hybridized carbons (Fsp3) is 0.211. The number of nitrogens with zero attached hydrogens (tertiary/aromatic N) is 3. The van der Waals surface area contributed by atoms with Gasteiger partial charge >= 0.3 is 0 Å². The molecule has 0 saturated carbocycles. The predicted octanol–water partition coefficient (Wildman–Crippen LogP) is 2.60. The van der Waals surface area contributed by atoms with E-state index in [-0.39, 0.29) is 5.56 Å². The van der Waals surface area contributed by atoms with Gasteiger partial charge in [0.1, 0.15) is 5.52 Å². The first-order chi connectivity index (χ1) is 12.2. The van der Waals surface area contributed by atoms with Gasteiger partial charge in [0.25, 0.3) is 5.56 Å². The van der Waals surface area contributed by atoms with Gasteiger partial charge in [-0.15, -0.1) is 0 Å². The minimum Gasteiger partial charge on any atom is -0.330 e. The Morgan fingerprint density at radius 1 is 1.16 bits per heavy atom. The number of aromatic amines is 1. The smallest absolute Gasteiger partial charge is 0.262 e. The van der Waals surface area contributed by atoms with Crippen molar-refractivity contribution in [2.45, 2.75) is 19.9 Å². The first-order valence-electron chi connectivity index (χ1n) is 8.32. The molecular formula is C19H19N5O. The molecule has 1 aromatic carbocycles. The summed E-state index contributed by atoms with van der Waals surface area (Å²) in [4.78, 5) is 17.0. The highest BCUT2D eigenvalue weighted by molar-refractivity contribution is 6.05. The fourth-order valence-corrected chi connectivity index (χ4v) is 3.29. The minimum absolute atomic E-state index is 0.0149. The zero-order valence-electron chi connectivity index (χ0n) is 14.0. The van der Waals surface area contributed by atoms with E-state index >= 15 is 0 Å². The van der Waals surface area contributed by atoms with E-state index in [1.807, 2.05) is 35.8 Å². The van der Waals surface area contributed by atoms with Gasteiger partial charge in [0.2, 0.25) is 0 Å². The minimum atomic E-state index is -0.0149. The molecule has 6 nitrogen and oxygen atoms in total. The number of pyridine rings is 2. The average molecular weight is 333 g/mol. The van der Waals surface area contributed by atoms with E-state index in [1.54, 1.807) is 12.4 Å². The van der Waals surface area contributed by atoms with Crippen molar-refractivity contribution in [2.24, 2.45) is 5.73 Å². The van der Waals surface area contributed by atoms with Gasteiger partial charge in [0.05, 0.1) is 10.9 Å². The number of rotatable bonds is 4. The third kappa shape index (κ3) is 2.51. The summed E-state index contributed by atoms with van der Waals surface area (Å²) in [5.74, 6) is 0. The van der Waals surface area contributed by atoms with Gasteiger partial charge in [0.15, 0.2) is 0 Å². The average Bonchev–Trinajstić information content (AvgIpc) is 3.04. The molecule has 3 aromatic heterocycles. The molecule has 0 aliphatic carbocycles. The summed E-state index contributed by atoms with van der Waals surface area (Å²) in [5, 5.41) is 8.95. The number of nitrogens with two attached hydrogens (primary N) is 1. The van der Waals surface area contributed by atoms with Gasteiger partial charge in [-0.2, -0.15) is 5.10 Å². The number of H-pyrrole nitrogens is 1. The molecule has 25 heavy (non-hydrogen) atoms. The van der Waals surface area contributed by atoms with Crippen LogP contribution in [0, 0.1) is 6.92 Å². The molecule has 4 rings (SSSR count). The molecule has 0 fully saturated rings. The quantitative estimate of drug-likeness (QED) is 0.601. The van der Waals surface area contributed by atoms with Crippen LogP contribution in [0.5, 0.6) is 0 Å². The highest BCUT2D eigenvalue weighted by Crippen LogP contribution is 2.28. The molecule has 0 unspecified atom stereocenters. The van der Waals surface area contributed by atoms with Crippen molar-refractivity contribution in [3.05, 3.63) is 58.8 Å². The summed E-state index contributed by atoms with van der Waals surface area (Å²) < 4.78 is 1.81. The molecule has 126 valence electrons. The number of benzene rings is 1. The Hall–Kier alpha value is -2.99. The van der Waals surface area contributed by atoms with E-state index in [4.69, 9.17) is 5.73 Å². The number of nitrogens with one attached hydrogen (secondary N) is 1. The summed E-state index contributed by atoms with van der Waals surface area (Å²) in [6.07, 6.45) is 4.30. The van der Waals surface area contributed by atoms with E-state index < -0.39 is 0 Å². The van der Waals surface area contributed by atoms with Gasteiger partial charge in [-0.3, -0.25) is 14.9 Å². The van der Waals surface area contributed by atoms with E-state index in [0.717, 1.165) is 39.7 Å². The Balaban J connectivity index is 2.06. The molecule has 0 spiro atoms. The number of hydrogen-bond acceptors (Lipinski definition) is 4. The maximum atomic E-state index is 12.9. The van der Waals surface area contributed by atoms with Crippen LogP contribution in [0.15, 0.2) is 47.5 Å². The summed E-state index contributed by atoms with van der Waals surface area (Å²) in [6.45, 7) is 3.02. The van der Waals surface area contributed by atoms with Crippen molar-refractivity contribution in [3.8, 4) is 11.1 Å². The first-order valence-corrected chi connectivity index (χ1v) is 8.32. The standard InChI is InChI=1S/C19H19N5O/c1-12-17-18(23-22-12)15-11-14(13-5-8-21-9-6-13)3-4-16(15)24(19(17)25)10-2-7-20/h3-6,8-9,11H,2,7,10,20H2,1H3,(H,22,23). The van der Waals surface area contributed by atoms with Crippen LogP contribution in [0.1, 0.15) is 12.1 Å². The van der Waals surface area contributed by atoms with E-state index in [9.17, 15) is 4.79 Å². The molecule has 0 aliphatic heterocycles. The molecule has 0 aliphatic rings. The Labute approximate surface area is 144 Å². The van der Waals surface area contributed by atoms with Gasteiger partial charge in [-0.05, 0) is 55.3 Å². The van der Waals surface area contributed by atoms with Crippen molar-refractivity contribution in [3.63, 3.8) is 0 Å². The van der Waals surface area contributed by atoms with Crippen molar-refractivity contribution in [1.82, 2.24) is 19.7 Å². The van der Waals surface area contributed by atoms with Crippen LogP contribution >= 0.6 is 0 Å². The molecule has 3 N–H and O–H groups in total. The molecular weight excluding hydrogens is 314 g/mol. The molecule has 4 aromatic rings. The van der Waals surface area contributed by atoms with E-state index in [2.05, 4.69) is 21.2 Å². The molecule has 6 heteroatoms. The lowest BCUT2D eigenvalue weighted by molar-refractivity contribution is 0.654. The normalized spacial score (nSPS) is 11.4. The van der Waals surface area contributed by atoms with Crippen molar-refractivity contribution < 1.29 is 0 Å². The third-order valence-corrected chi connectivity index (χ3v) is 4.55. The van der Waals surface area contributed by atoms with Crippen LogP contribution in [0.25, 0.3) is 32.9 Å². The van der Waals surface area contributed by atoms with Gasteiger partial charge < -0.3 is 10.3 Å². The first kappa shape index (κ1) is 15.5. The fourth-order valence-electron chi connectivity index (χ4n) is 3.29. The maximum absolute atomic E-state index is 12.9. The van der Waals surface area contributed by atoms with Crippen LogP contribution in [-0.2, 0) is 6.54 Å². The number of aromatic nitrogens is 4. The Morgan fingerprint density at radius 3 is 2.72 bits per heavy atom. The monoisotopic (exact) mass is 333 g/mol. The summed E-state index contributed by atoms with van der Waals surface area (Å²) in [5.41, 5.74) is 10.2. The highest BCUT2D eigenvalue weighted by Gasteiger charge is 2.15. The Morgan fingerprint density at radius 2 is 1.96 bits per heavy atom. The third-order valence-electron chi connectivity index (χ3n) is 4.55. The highest BCUT2D eigenvalue weighted by atomic mass is 16.1. The van der Waals surface area contributed by atoms with Crippen LogP contribution in [0.4, 0.5) is 0 Å². The van der Waals surface area contributed by atoms with Crippen LogP contribution in [-0.4, -0.2) is 26.3 Å². The van der Waals surface area contributed by atoms with Crippen molar-refractivity contribution in [2.75, 3.05) is 6.54 Å². The van der Waals surface area contributed by atoms with Crippen LogP contribution in [0.3, 0.4) is 0 Å². The number of hydrogen-bond donors (Lipinski definition) is 2. The predicted molar refractivity (Wildman–Crippen MR) is 99.5 cm³/mol. The summed E-state index contributed by atoms with van der Waals surface area (Å²) >= 11 is 0. The van der Waals surface area contributed by atoms with E-state index in [1.165, 1.54) is 0 Å². The molecule has 0 amide bonds. The zero-order chi connectivity index (χ0) is 17.4. The van der Waals surface area contributed by atoms with Gasteiger partial charge in [-0.1, -0.05) is 6.07 Å². The lowest BCUT2D eigenvalue weighted by Gasteiger charge is -2.12. The van der Waals surface area contributed by atoms with Crippen LogP contribution < -0.4 is 11.3 Å². The summed E-state index contributed by atoms with van der Waals surface area (Å²) in [6, 6.07) is 10.1. The molecule has 0 bridgehead atoms. The number of fused-ring (bicyclic) bond motifs is 3. The van der Waals surface area contributed by atoms with Crippen LogP contribution in [0.2, 0.25) is 0 Å². The Kier molecular flexibility index (Phi) is 3.82. The van der Waals surface area contributed by atoms with Crippen molar-refractivity contribution >= 4 is 21.8 Å². The molecule has 0 saturated heterocycles. The Bertz CT molecular complexity index is 1110. The second-order valence-corrected chi connectivity index (χ2v) is 6.14. The maximum Gasteiger partial charge on any atom is 0.262 e. The molecule has 3 heterocycles. The molecule has 0 radical (unpaired) electrons. The second kappa shape index (κ2) is 6.14. The van der Waals surface area contributed by atoms with E-state index in [0.29, 0.717) is 18.5 Å². The van der Waals surface area contributed by atoms with Gasteiger partial charge in [0, 0.05) is 30.0 Å². The SMILES string of the molecule is Cc1[nH]nc2c1c(=O)n(CCCN)c1ccc(-c3ccncc3)cc21. The summed E-state index contributed by atoms with van der Waals surface area (Å²) in [7, 11) is 0. The molecule has 0 atom stereocenters. The lowest BCUT2D eigenvalue weighted by Crippen LogP contribution is -2.22. The second-order valence-electron chi connectivity index (χ2n) is 6.14. The topological polar surface area (TPSA) is 89.6 Å². The van der Waals surface area contributed by atoms with Gasteiger partial charge in [-0.25, -0.2) is 0 Å². The van der Waals surface area contributed by atoms with Crippen molar-refractivity contribution in [1.29, 1.82) is 0 Å². The largest absolute Gasteiger partial charge is 0.330 e.